The molecular weight excluding hydrogens is 825 g/mol. The van der Waals surface area contributed by atoms with Gasteiger partial charge in [-0.15, -0.1) is 22.1 Å². The Kier molecular flexibility index (Phi) is 20.7. The predicted molar refractivity (Wildman–Crippen MR) is 263 cm³/mol. The van der Waals surface area contributed by atoms with E-state index in [4.69, 9.17) is 29.9 Å². The van der Waals surface area contributed by atoms with Crippen LogP contribution in [0.3, 0.4) is 0 Å². The van der Waals surface area contributed by atoms with Gasteiger partial charge in [-0.05, 0) is 82.8 Å². The fraction of sp³-hybridized carbons (Fsp3) is 0.611. The average molecular weight is 902 g/mol. The minimum atomic E-state index is -0.237. The number of ketones is 2. The van der Waals surface area contributed by atoms with Crippen LogP contribution in [0.25, 0.3) is 22.1 Å². The average Bonchev–Trinajstić information content (AvgIpc) is 3.99. The zero-order chi connectivity index (χ0) is 46.8. The number of ether oxygens (including phenoxy) is 1. The maximum Gasteiger partial charge on any atom is 2.00 e. The first-order valence-electron chi connectivity index (χ1n) is 24.2. The Hall–Kier alpha value is -3.64. The van der Waals surface area contributed by atoms with Crippen LogP contribution in [-0.2, 0) is 20.8 Å². The number of aryl methyl sites for hydroxylation is 2. The van der Waals surface area contributed by atoms with Gasteiger partial charge in [0.25, 0.3) is 0 Å². The molecule has 65 heavy (non-hydrogen) atoms. The molecule has 0 aromatic carbocycles. The molecule has 350 valence electrons. The van der Waals surface area contributed by atoms with E-state index in [2.05, 4.69) is 66.4 Å². The van der Waals surface area contributed by atoms with Gasteiger partial charge in [0.1, 0.15) is 6.61 Å². The Bertz CT molecular complexity index is 2320. The van der Waals surface area contributed by atoms with E-state index >= 15 is 0 Å². The number of rotatable bonds is 19. The van der Waals surface area contributed by atoms with Crippen molar-refractivity contribution in [2.24, 2.45) is 17.8 Å². The summed E-state index contributed by atoms with van der Waals surface area (Å²) in [7, 11) is 1.18. The third-order valence-electron chi connectivity index (χ3n) is 14.2. The number of Topliss-reactive ketones (excluding diaryl/α,β-unsaturated/α-hetero) is 2. The van der Waals surface area contributed by atoms with Gasteiger partial charge in [0, 0.05) is 70.4 Å². The second kappa shape index (κ2) is 24.9. The summed E-state index contributed by atoms with van der Waals surface area (Å²) in [6.45, 7) is 23.8. The molecule has 2 aliphatic heterocycles. The number of fused-ring (bicyclic) bond motifs is 8. The Morgan fingerprint density at radius 1 is 0.815 bits per heavy atom. The molecule has 8 bridgehead atoms. The maximum atomic E-state index is 13.8. The molecule has 6 atom stereocenters. The Morgan fingerprint density at radius 2 is 1.38 bits per heavy atom. The van der Waals surface area contributed by atoms with Crippen LogP contribution in [0.1, 0.15) is 223 Å². The van der Waals surface area contributed by atoms with Gasteiger partial charge in [-0.2, -0.15) is 0 Å². The van der Waals surface area contributed by atoms with E-state index in [1.165, 1.54) is 57.6 Å². The van der Waals surface area contributed by atoms with Crippen LogP contribution < -0.4 is 9.97 Å². The zero-order valence-corrected chi connectivity index (χ0v) is 43.1. The molecule has 3 aromatic heterocycles. The van der Waals surface area contributed by atoms with Gasteiger partial charge < -0.3 is 14.7 Å². The number of aromatic nitrogens is 4. The number of hydrogen-bond acceptors (Lipinski definition) is 8. The van der Waals surface area contributed by atoms with Gasteiger partial charge in [-0.1, -0.05) is 128 Å². The second-order valence-electron chi connectivity index (χ2n) is 19.7. The van der Waals surface area contributed by atoms with Crippen LogP contribution >= 0.6 is 0 Å². The fourth-order valence-corrected chi connectivity index (χ4v) is 10.2. The van der Waals surface area contributed by atoms with Crippen molar-refractivity contribution in [1.29, 1.82) is 0 Å². The second-order valence-corrected chi connectivity index (χ2v) is 19.7. The van der Waals surface area contributed by atoms with E-state index in [0.29, 0.717) is 34.1 Å². The Balaban J connectivity index is 0.00000225. The van der Waals surface area contributed by atoms with Crippen LogP contribution in [0, 0.1) is 31.6 Å². The molecular formula is C54H76MgN4O6. The van der Waals surface area contributed by atoms with E-state index in [-0.39, 0.29) is 83.7 Å². The molecule has 3 aliphatic rings. The van der Waals surface area contributed by atoms with Crippen molar-refractivity contribution in [3.8, 4) is 0 Å². The molecule has 1 aliphatic carbocycles. The molecule has 0 amide bonds. The molecule has 6 rings (SSSR count). The normalized spacial score (nSPS) is 18.9. The number of nitrogens with zero attached hydrogens (tertiary/aromatic N) is 4. The molecule has 0 fully saturated rings. The summed E-state index contributed by atoms with van der Waals surface area (Å²) in [6, 6.07) is 6.01. The van der Waals surface area contributed by atoms with Crippen LogP contribution in [0.2, 0.25) is 0 Å². The van der Waals surface area contributed by atoms with E-state index in [1.807, 2.05) is 32.0 Å². The van der Waals surface area contributed by atoms with Gasteiger partial charge in [0.05, 0.1) is 7.11 Å². The first-order valence-corrected chi connectivity index (χ1v) is 24.2. The monoisotopic (exact) mass is 901 g/mol. The van der Waals surface area contributed by atoms with Crippen LogP contribution in [0.4, 0.5) is 0 Å². The van der Waals surface area contributed by atoms with Crippen molar-refractivity contribution in [3.05, 3.63) is 80.4 Å². The van der Waals surface area contributed by atoms with Crippen LogP contribution in [0.5, 0.6) is 0 Å². The third-order valence-corrected chi connectivity index (χ3v) is 14.2. The number of esters is 1. The largest absolute Gasteiger partial charge is 2.00 e. The van der Waals surface area contributed by atoms with Crippen molar-refractivity contribution >= 4 is 62.7 Å². The van der Waals surface area contributed by atoms with Crippen LogP contribution in [-0.4, -0.2) is 69.5 Å². The fourth-order valence-electron chi connectivity index (χ4n) is 10.2. The molecule has 3 aromatic rings. The summed E-state index contributed by atoms with van der Waals surface area (Å²) in [4.78, 5) is 63.9. The summed E-state index contributed by atoms with van der Waals surface area (Å²) in [6.07, 6.45) is 15.4. The Morgan fingerprint density at radius 3 is 2.02 bits per heavy atom. The van der Waals surface area contributed by atoms with Crippen molar-refractivity contribution in [3.63, 3.8) is 0 Å². The van der Waals surface area contributed by atoms with Gasteiger partial charge in [-0.25, -0.2) is 4.89 Å². The minimum absolute atomic E-state index is 0. The van der Waals surface area contributed by atoms with Gasteiger partial charge in [-0.3, -0.25) is 29.6 Å². The molecule has 11 heteroatoms. The summed E-state index contributed by atoms with van der Waals surface area (Å²) in [5, 5.41) is 7.07. The summed E-state index contributed by atoms with van der Waals surface area (Å²) >= 11 is 0. The molecule has 0 radical (unpaired) electrons. The zero-order valence-electron chi connectivity index (χ0n) is 41.7. The van der Waals surface area contributed by atoms with E-state index in [1.54, 1.807) is 6.92 Å². The smallest absolute Gasteiger partial charge is 0.657 e. The van der Waals surface area contributed by atoms with Gasteiger partial charge in [0.2, 0.25) is 0 Å². The number of carbonyl (C=O) groups is 3. The summed E-state index contributed by atoms with van der Waals surface area (Å²) < 4.78 is 5.77. The maximum absolute atomic E-state index is 13.8. The van der Waals surface area contributed by atoms with Crippen molar-refractivity contribution in [1.82, 2.24) is 19.9 Å². The third kappa shape index (κ3) is 13.5. The standard InChI is InChI=1S/C53H73N4O4.CH4O2.Mg/c1-12-39-34(7)42-29-47-50(38(11)58)36(9)44(55-47)27-43-35(8)40(52(56-43)41-26-48(59)51-37(10)45(57-53(41)51)28-46(39)54-42)22-23-49(60)61-25-24-33(6)21-15-20-32(5)19-14-18-31(4)17-13-16-30(2)3;1-3-2;/h24,27-32,34-35,39-40H,12-23,25-26H2,1-11H3,(H-,54,55,56,57,58,59);2H,1H3;/q-1;;+2/p-1/b33-24+;;/t31?,32?,34-,35+,39?,40?;;/m1../s1. The quantitative estimate of drug-likeness (QED) is 0.0308. The molecule has 0 spiro atoms. The SMILES string of the molecule is CCC1c2cc3[n-]c4c(c5nc(cc6[n-]c(cc(n2)[C@@H]1C)c(C(C)=O)c6C)[C@@H](C)C5CCC(=O)OC/C=C(\C)CCCC(C)CCCC(C)CCCC(C)C)CC(=O)c4c3C.COO.[Mg+2]. The molecule has 5 heterocycles. The first kappa shape index (κ1) is 54.0. The van der Waals surface area contributed by atoms with Crippen molar-refractivity contribution < 1.29 is 29.3 Å². The van der Waals surface area contributed by atoms with Gasteiger partial charge >= 0.3 is 29.0 Å². The van der Waals surface area contributed by atoms with Crippen molar-refractivity contribution in [2.75, 3.05) is 13.7 Å². The number of carbonyl (C=O) groups excluding carboxylic acids is 3. The van der Waals surface area contributed by atoms with Crippen LogP contribution in [0.15, 0.2) is 29.8 Å². The molecule has 0 saturated carbocycles. The summed E-state index contributed by atoms with van der Waals surface area (Å²) in [5.41, 5.74) is 11.3. The molecule has 0 saturated heterocycles. The predicted octanol–water partition coefficient (Wildman–Crippen LogP) is 12.7. The number of hydrogen-bond donors (Lipinski definition) is 1. The molecule has 4 unspecified atom stereocenters. The van der Waals surface area contributed by atoms with E-state index in [9.17, 15) is 14.4 Å². The number of allylic oxidation sites excluding steroid dienone is 1. The van der Waals surface area contributed by atoms with Crippen molar-refractivity contribution in [2.45, 2.75) is 183 Å². The first-order chi connectivity index (χ1) is 30.5. The van der Waals surface area contributed by atoms with E-state index in [0.717, 1.165) is 82.0 Å². The van der Waals surface area contributed by atoms with Gasteiger partial charge in [0.15, 0.2) is 11.6 Å². The molecule has 10 nitrogen and oxygen atoms in total. The summed E-state index contributed by atoms with van der Waals surface area (Å²) in [5.74, 6) is 2.24. The Labute approximate surface area is 405 Å². The topological polar surface area (TPSA) is 144 Å². The van der Waals surface area contributed by atoms with E-state index < -0.39 is 0 Å². The molecule has 1 N–H and O–H groups in total. The minimum Gasteiger partial charge on any atom is -0.657 e.